The van der Waals surface area contributed by atoms with Crippen LogP contribution in [0.5, 0.6) is 0 Å². The molecule has 9 nitrogen and oxygen atoms in total. The first kappa shape index (κ1) is 12.6. The molecule has 0 aromatic heterocycles. The molecule has 1 amide bonds. The van der Waals surface area contributed by atoms with Gasteiger partial charge in [-0.25, -0.2) is 0 Å². The van der Waals surface area contributed by atoms with Crippen molar-refractivity contribution in [2.24, 2.45) is 5.10 Å². The van der Waals surface area contributed by atoms with Gasteiger partial charge in [0.15, 0.2) is 0 Å². The molecule has 1 atom stereocenters. The molecule has 0 saturated carbocycles. The van der Waals surface area contributed by atoms with Gasteiger partial charge >= 0.3 is 11.9 Å². The number of nitrogens with zero attached hydrogens (tertiary/aromatic N) is 4. The second-order valence-corrected chi connectivity index (χ2v) is 3.85. The average molecular weight is 264 g/mol. The fourth-order valence-corrected chi connectivity index (χ4v) is 1.70. The van der Waals surface area contributed by atoms with Gasteiger partial charge in [-0.05, 0) is 19.1 Å². The van der Waals surface area contributed by atoms with Crippen LogP contribution in [0, 0.1) is 20.2 Å². The molecule has 0 fully saturated rings. The quantitative estimate of drug-likeness (QED) is 0.594. The third-order valence-corrected chi connectivity index (χ3v) is 2.61. The Morgan fingerprint density at radius 2 is 1.79 bits per heavy atom. The van der Waals surface area contributed by atoms with E-state index in [9.17, 15) is 25.0 Å². The maximum Gasteiger partial charge on any atom is 0.331 e. The lowest BCUT2D eigenvalue weighted by Gasteiger charge is -2.10. The van der Waals surface area contributed by atoms with Crippen molar-refractivity contribution in [3.8, 4) is 0 Å². The largest absolute Gasteiger partial charge is 0.331 e. The van der Waals surface area contributed by atoms with Gasteiger partial charge in [-0.15, -0.1) is 0 Å². The van der Waals surface area contributed by atoms with Crippen molar-refractivity contribution in [1.29, 1.82) is 0 Å². The molecule has 1 heterocycles. The van der Waals surface area contributed by atoms with Crippen molar-refractivity contribution in [3.63, 3.8) is 0 Å². The van der Waals surface area contributed by atoms with Crippen molar-refractivity contribution in [2.75, 3.05) is 5.01 Å². The molecule has 19 heavy (non-hydrogen) atoms. The number of rotatable bonds is 3. The molecule has 0 saturated heterocycles. The van der Waals surface area contributed by atoms with Gasteiger partial charge in [-0.3, -0.25) is 25.0 Å². The number of nitro benzene ring substituents is 1. The molecule has 0 bridgehead atoms. The number of carbonyl (C=O) groups is 1. The van der Waals surface area contributed by atoms with Crippen LogP contribution in [0.2, 0.25) is 0 Å². The van der Waals surface area contributed by atoms with Crippen LogP contribution in [0.3, 0.4) is 0 Å². The summed E-state index contributed by atoms with van der Waals surface area (Å²) in [6.07, 6.45) is 0. The van der Waals surface area contributed by atoms with Crippen LogP contribution in [0.15, 0.2) is 29.4 Å². The fraction of sp³-hybridized carbons (Fsp3) is 0.200. The number of amides is 1. The van der Waals surface area contributed by atoms with E-state index in [0.29, 0.717) is 0 Å². The Bertz CT molecular complexity index is 594. The normalized spacial score (nSPS) is 18.4. The molecule has 1 unspecified atom stereocenters. The highest BCUT2D eigenvalue weighted by atomic mass is 16.6. The molecule has 2 rings (SSSR count). The molecule has 0 N–H and O–H groups in total. The summed E-state index contributed by atoms with van der Waals surface area (Å²) in [6.45, 7) is 1.39. The van der Waals surface area contributed by atoms with Crippen LogP contribution in [0.4, 0.5) is 11.4 Å². The molecule has 1 aromatic carbocycles. The number of anilines is 1. The summed E-state index contributed by atoms with van der Waals surface area (Å²) >= 11 is 0. The molecule has 98 valence electrons. The molecule has 1 aliphatic rings. The van der Waals surface area contributed by atoms with E-state index < -0.39 is 21.8 Å². The van der Waals surface area contributed by atoms with E-state index in [1.165, 1.54) is 31.2 Å². The van der Waals surface area contributed by atoms with Gasteiger partial charge in [0, 0.05) is 17.1 Å². The predicted octanol–water partition coefficient (Wildman–Crippen LogP) is 0.963. The fourth-order valence-electron chi connectivity index (χ4n) is 1.70. The lowest BCUT2D eigenvalue weighted by Crippen LogP contribution is -2.37. The van der Waals surface area contributed by atoms with Crippen molar-refractivity contribution >= 4 is 23.0 Å². The maximum atomic E-state index is 11.8. The van der Waals surface area contributed by atoms with E-state index >= 15 is 0 Å². The van der Waals surface area contributed by atoms with Gasteiger partial charge in [-0.2, -0.15) is 10.1 Å². The molecule has 0 aliphatic carbocycles. The lowest BCUT2D eigenvalue weighted by atomic mass is 10.2. The number of non-ortho nitro benzene ring substituents is 1. The second kappa shape index (κ2) is 4.44. The molecule has 9 heteroatoms. The van der Waals surface area contributed by atoms with Crippen LogP contribution >= 0.6 is 0 Å². The van der Waals surface area contributed by atoms with Crippen LogP contribution in [-0.4, -0.2) is 27.5 Å². The zero-order valence-electron chi connectivity index (χ0n) is 9.72. The predicted molar refractivity (Wildman–Crippen MR) is 64.5 cm³/mol. The standard InChI is InChI=1S/C10H8N4O5/c1-6-9(14(18)19)10(15)12(11-6)7-2-4-8(5-3-7)13(16)17/h2-5,9H,1H3. The number of hydrogen-bond donors (Lipinski definition) is 0. The van der Waals surface area contributed by atoms with E-state index in [1.54, 1.807) is 0 Å². The first-order valence-electron chi connectivity index (χ1n) is 5.19. The van der Waals surface area contributed by atoms with Crippen LogP contribution < -0.4 is 5.01 Å². The van der Waals surface area contributed by atoms with Gasteiger partial charge < -0.3 is 0 Å². The third kappa shape index (κ3) is 2.12. The van der Waals surface area contributed by atoms with E-state index in [1.807, 2.05) is 0 Å². The van der Waals surface area contributed by atoms with Gasteiger partial charge in [0.1, 0.15) is 5.71 Å². The molecular weight excluding hydrogens is 256 g/mol. The van der Waals surface area contributed by atoms with Gasteiger partial charge in [-0.1, -0.05) is 0 Å². The third-order valence-electron chi connectivity index (χ3n) is 2.61. The molecule has 0 spiro atoms. The minimum absolute atomic E-state index is 0.0772. The summed E-state index contributed by atoms with van der Waals surface area (Å²) in [5.74, 6) is -0.781. The number of hydrazone groups is 1. The zero-order chi connectivity index (χ0) is 14.2. The highest BCUT2D eigenvalue weighted by Gasteiger charge is 2.43. The second-order valence-electron chi connectivity index (χ2n) is 3.85. The summed E-state index contributed by atoms with van der Waals surface area (Å²) in [7, 11) is 0. The van der Waals surface area contributed by atoms with E-state index in [0.717, 1.165) is 5.01 Å². The minimum atomic E-state index is -1.49. The first-order chi connectivity index (χ1) is 8.91. The van der Waals surface area contributed by atoms with Gasteiger partial charge in [0.25, 0.3) is 5.69 Å². The summed E-state index contributed by atoms with van der Waals surface area (Å²) in [6, 6.07) is 3.54. The summed E-state index contributed by atoms with van der Waals surface area (Å²) < 4.78 is 0. The van der Waals surface area contributed by atoms with Crippen LogP contribution in [-0.2, 0) is 4.79 Å². The monoisotopic (exact) mass is 264 g/mol. The van der Waals surface area contributed by atoms with Crippen molar-refractivity contribution in [3.05, 3.63) is 44.5 Å². The average Bonchev–Trinajstić information content (AvgIpc) is 2.65. The molecule has 1 aliphatic heterocycles. The van der Waals surface area contributed by atoms with Crippen molar-refractivity contribution < 1.29 is 14.6 Å². The summed E-state index contributed by atoms with van der Waals surface area (Å²) in [4.78, 5) is 31.7. The van der Waals surface area contributed by atoms with Crippen LogP contribution in [0.25, 0.3) is 0 Å². The van der Waals surface area contributed by atoms with Crippen LogP contribution in [0.1, 0.15) is 6.92 Å². The van der Waals surface area contributed by atoms with Crippen molar-refractivity contribution in [2.45, 2.75) is 13.0 Å². The molecular formula is C10H8N4O5. The Hall–Kier alpha value is -2.84. The number of hydrogen-bond acceptors (Lipinski definition) is 6. The van der Waals surface area contributed by atoms with Crippen molar-refractivity contribution in [1.82, 2.24) is 0 Å². The van der Waals surface area contributed by atoms with E-state index in [4.69, 9.17) is 0 Å². The Kier molecular flexibility index (Phi) is 2.95. The Balaban J connectivity index is 2.31. The zero-order valence-corrected chi connectivity index (χ0v) is 9.72. The lowest BCUT2D eigenvalue weighted by molar-refractivity contribution is -0.488. The number of carbonyl (C=O) groups excluding carboxylic acids is 1. The minimum Gasteiger partial charge on any atom is -0.264 e. The first-order valence-corrected chi connectivity index (χ1v) is 5.19. The SMILES string of the molecule is CC1=NN(c2ccc([N+](=O)[O-])cc2)C(=O)C1[N+](=O)[O-]. The summed E-state index contributed by atoms with van der Waals surface area (Å²) in [5, 5.41) is 25.9. The summed E-state index contributed by atoms with van der Waals surface area (Å²) in [5.41, 5.74) is 0.189. The maximum absolute atomic E-state index is 11.8. The van der Waals surface area contributed by atoms with E-state index in [2.05, 4.69) is 5.10 Å². The van der Waals surface area contributed by atoms with Gasteiger partial charge in [0.2, 0.25) is 0 Å². The Labute approximate surface area is 106 Å². The highest BCUT2D eigenvalue weighted by molar-refractivity contribution is 6.16. The Morgan fingerprint density at radius 3 is 2.21 bits per heavy atom. The molecule has 0 radical (unpaired) electrons. The smallest absolute Gasteiger partial charge is 0.264 e. The molecule has 1 aromatic rings. The van der Waals surface area contributed by atoms with Gasteiger partial charge in [0.05, 0.1) is 10.6 Å². The Morgan fingerprint density at radius 1 is 1.21 bits per heavy atom. The van der Waals surface area contributed by atoms with E-state index in [-0.39, 0.29) is 17.1 Å². The number of nitro groups is 2. The number of benzene rings is 1. The highest BCUT2D eigenvalue weighted by Crippen LogP contribution is 2.24. The topological polar surface area (TPSA) is 119 Å².